The van der Waals surface area contributed by atoms with Gasteiger partial charge in [-0.1, -0.05) is 310 Å². The van der Waals surface area contributed by atoms with Gasteiger partial charge in [0.2, 0.25) is 11.4 Å². The normalized spacial score (nSPS) is 12.2. The van der Waals surface area contributed by atoms with E-state index in [2.05, 4.69) is 104 Å². The molecule has 0 aliphatic carbocycles. The minimum atomic E-state index is 0. The van der Waals surface area contributed by atoms with E-state index in [0.717, 1.165) is 73.9 Å². The second-order valence-electron chi connectivity index (χ2n) is 22.8. The van der Waals surface area contributed by atoms with E-state index < -0.39 is 0 Å². The van der Waals surface area contributed by atoms with Crippen LogP contribution in [-0.4, -0.2) is 4.70 Å². The fourth-order valence-corrected chi connectivity index (χ4v) is 10.9. The molecule has 0 atom stereocenters. The van der Waals surface area contributed by atoms with Gasteiger partial charge in [0.25, 0.3) is 0 Å². The molecule has 2 aromatic carbocycles. The number of benzene rings is 2. The van der Waals surface area contributed by atoms with Crippen LogP contribution < -0.4 is 0 Å². The maximum Gasteiger partial charge on any atom is 2.00 e. The molecule has 1 heterocycles. The van der Waals surface area contributed by atoms with Gasteiger partial charge in [-0.05, 0) is 86.8 Å². The summed E-state index contributed by atoms with van der Waals surface area (Å²) in [6.07, 6.45) is 64.6. The van der Waals surface area contributed by atoms with Crippen molar-refractivity contribution < 1.29 is 25.1 Å². The molecule has 2 nitrogen and oxygen atoms in total. The van der Waals surface area contributed by atoms with Gasteiger partial charge < -0.3 is 19.4 Å². The van der Waals surface area contributed by atoms with E-state index in [1.807, 2.05) is 0 Å². The Balaban J connectivity index is 0.00000124. The maximum atomic E-state index is 11.9. The standard InChI is InChI=1S/C36H52N2.2C18H37.Pd/c1-5-9-13-16-26-34-33(25-12-8-4)35(31-23-17-21-29(27-31)19-14-10-6-2)38(37)36(34)32-24-18-22-30(28-32)20-15-11-7-3;2*1-3-5-7-9-11-13-15-17-18-16-14-12-10-8-6-4-2;/h17-18,21-24,27-28H,5-16,19-20,25-26H2,1-4H3;2*1,3-18H2,2H3;/q;2*-1;+2. The maximum absolute atomic E-state index is 11.9. The third-order valence-electron chi connectivity index (χ3n) is 15.7. The van der Waals surface area contributed by atoms with E-state index in [1.54, 1.807) is 4.70 Å². The quantitative estimate of drug-likeness (QED) is 0.0273. The first-order valence-electron chi connectivity index (χ1n) is 33.2. The van der Waals surface area contributed by atoms with E-state index in [-0.39, 0.29) is 20.4 Å². The smallest absolute Gasteiger partial charge is 0.493 e. The van der Waals surface area contributed by atoms with E-state index in [4.69, 9.17) is 0 Å². The van der Waals surface area contributed by atoms with Gasteiger partial charge in [-0.15, -0.1) is 0 Å². The third-order valence-corrected chi connectivity index (χ3v) is 15.7. The zero-order valence-electron chi connectivity index (χ0n) is 51.2. The monoisotopic (exact) mass is 1120 g/mol. The minimum Gasteiger partial charge on any atom is -0.493 e. The van der Waals surface area contributed by atoms with Crippen LogP contribution in [0.15, 0.2) is 59.7 Å². The fraction of sp³-hybridized carbons (Fsp3) is 0.750. The van der Waals surface area contributed by atoms with Gasteiger partial charge >= 0.3 is 20.4 Å². The van der Waals surface area contributed by atoms with Crippen molar-refractivity contribution in [2.24, 2.45) is 0 Å². The first kappa shape index (κ1) is 73.2. The summed E-state index contributed by atoms with van der Waals surface area (Å²) >= 11 is 0. The Bertz CT molecular complexity index is 1550. The molecule has 0 aromatic heterocycles. The average molecular weight is 1130 g/mol. The number of aryl methyl sites for hydroxylation is 2. The molecule has 3 rings (SSSR count). The summed E-state index contributed by atoms with van der Waals surface area (Å²) in [6, 6.07) is 17.9. The number of rotatable bonds is 48. The van der Waals surface area contributed by atoms with Crippen LogP contribution >= 0.6 is 0 Å². The number of hydrogen-bond acceptors (Lipinski definition) is 0. The van der Waals surface area contributed by atoms with Crippen molar-refractivity contribution >= 4 is 11.4 Å². The third kappa shape index (κ3) is 38.4. The molecule has 0 amide bonds. The molecule has 0 bridgehead atoms. The van der Waals surface area contributed by atoms with Gasteiger partial charge in [-0.3, -0.25) is 0 Å². The second-order valence-corrected chi connectivity index (χ2v) is 22.8. The molecular weight excluding hydrogens is 999 g/mol. The molecule has 0 radical (unpaired) electrons. The first-order chi connectivity index (χ1) is 36.5. The number of nitrogens with zero attached hydrogens (tertiary/aromatic N) is 2. The summed E-state index contributed by atoms with van der Waals surface area (Å²) in [5, 5.41) is 0. The molecule has 0 saturated carbocycles. The Morgan fingerprint density at radius 2 is 0.547 bits per heavy atom. The zero-order chi connectivity index (χ0) is 53.8. The Labute approximate surface area is 484 Å². The Morgan fingerprint density at radius 3 is 0.840 bits per heavy atom. The predicted molar refractivity (Wildman–Crippen MR) is 335 cm³/mol. The fourth-order valence-electron chi connectivity index (χ4n) is 10.9. The van der Waals surface area contributed by atoms with Crippen molar-refractivity contribution in [3.05, 3.63) is 101 Å². The van der Waals surface area contributed by atoms with Crippen LogP contribution in [0.1, 0.15) is 359 Å². The first-order valence-corrected chi connectivity index (χ1v) is 33.2. The van der Waals surface area contributed by atoms with Crippen LogP contribution in [0.25, 0.3) is 16.9 Å². The molecule has 75 heavy (non-hydrogen) atoms. The number of allylic oxidation sites excluding steroid dienone is 2. The van der Waals surface area contributed by atoms with Crippen LogP contribution in [0.3, 0.4) is 0 Å². The number of unbranched alkanes of at least 4 members (excludes halogenated alkanes) is 38. The molecule has 1 aliphatic rings. The summed E-state index contributed by atoms with van der Waals surface area (Å²) in [5.41, 5.74) is 21.8. The molecular formula is C72H126N2Pd. The predicted octanol–water partition coefficient (Wildman–Crippen LogP) is 25.6. The topological polar surface area (TPSA) is 25.3 Å². The minimum absolute atomic E-state index is 0. The van der Waals surface area contributed by atoms with E-state index in [1.165, 1.54) is 279 Å². The van der Waals surface area contributed by atoms with Crippen LogP contribution in [0.2, 0.25) is 0 Å². The summed E-state index contributed by atoms with van der Waals surface area (Å²) in [6.45, 7) is 21.4. The van der Waals surface area contributed by atoms with Gasteiger partial charge in [0.1, 0.15) is 0 Å². The average Bonchev–Trinajstić information content (AvgIpc) is 3.69. The number of hydrogen-bond donors (Lipinski definition) is 0. The molecule has 2 aromatic rings. The second kappa shape index (κ2) is 55.5. The van der Waals surface area contributed by atoms with E-state index in [0.29, 0.717) is 0 Å². The Kier molecular flexibility index (Phi) is 54.1. The van der Waals surface area contributed by atoms with Crippen molar-refractivity contribution in [2.75, 3.05) is 0 Å². The summed E-state index contributed by atoms with van der Waals surface area (Å²) in [5.74, 6) is 0. The Morgan fingerprint density at radius 1 is 0.307 bits per heavy atom. The summed E-state index contributed by atoms with van der Waals surface area (Å²) in [4.78, 5) is 0. The van der Waals surface area contributed by atoms with Gasteiger partial charge in [0.15, 0.2) is 0 Å². The van der Waals surface area contributed by atoms with Crippen molar-refractivity contribution in [3.63, 3.8) is 0 Å². The van der Waals surface area contributed by atoms with Crippen molar-refractivity contribution in [2.45, 2.75) is 350 Å². The van der Waals surface area contributed by atoms with Crippen LogP contribution in [0.4, 0.5) is 0 Å². The zero-order valence-corrected chi connectivity index (χ0v) is 52.7. The molecule has 0 fully saturated rings. The molecule has 0 spiro atoms. The summed E-state index contributed by atoms with van der Waals surface area (Å²) < 4.78 is 1.57. The van der Waals surface area contributed by atoms with Gasteiger partial charge in [-0.25, -0.2) is 4.70 Å². The van der Waals surface area contributed by atoms with Crippen molar-refractivity contribution in [1.82, 2.24) is 0 Å². The van der Waals surface area contributed by atoms with Gasteiger partial charge in [-0.2, -0.15) is 12.8 Å². The van der Waals surface area contributed by atoms with Crippen molar-refractivity contribution in [3.8, 4) is 0 Å². The van der Waals surface area contributed by atoms with Gasteiger partial charge in [0, 0.05) is 22.3 Å². The van der Waals surface area contributed by atoms with Crippen LogP contribution in [0, 0.1) is 13.8 Å². The van der Waals surface area contributed by atoms with Crippen molar-refractivity contribution in [1.29, 1.82) is 0 Å². The SMILES string of the molecule is CCCCCCC1=C(c2cccc(CCCCC)c2)[N+](=[N-])C(c2cccc(CCCCC)c2)=C1CCCC.[CH2-]CCCCCCCCCCCCCCCCC.[CH2-]CCCCCCCCCCCCCCCCC.[Pd+2]. The molecule has 3 heteroatoms. The largest absolute Gasteiger partial charge is 2.00 e. The molecule has 0 unspecified atom stereocenters. The molecule has 0 N–H and O–H groups in total. The van der Waals surface area contributed by atoms with E-state index in [9.17, 15) is 5.53 Å². The van der Waals surface area contributed by atoms with E-state index >= 15 is 0 Å². The molecule has 0 saturated heterocycles. The molecule has 434 valence electrons. The van der Waals surface area contributed by atoms with Crippen LogP contribution in [-0.2, 0) is 33.3 Å². The molecule has 1 aliphatic heterocycles. The van der Waals surface area contributed by atoms with Crippen LogP contribution in [0.5, 0.6) is 0 Å². The Hall–Kier alpha value is -1.82. The van der Waals surface area contributed by atoms with Gasteiger partial charge in [0.05, 0.1) is 0 Å². The summed E-state index contributed by atoms with van der Waals surface area (Å²) in [7, 11) is 0.